The summed E-state index contributed by atoms with van der Waals surface area (Å²) in [6.45, 7) is 3.63. The van der Waals surface area contributed by atoms with Crippen LogP contribution in [0, 0.1) is 0 Å². The number of aryl methyl sites for hydroxylation is 1. The predicted octanol–water partition coefficient (Wildman–Crippen LogP) is 1.98. The monoisotopic (exact) mass is 275 g/mol. The van der Waals surface area contributed by atoms with Crippen LogP contribution >= 0.6 is 0 Å². The summed E-state index contributed by atoms with van der Waals surface area (Å²) in [6.07, 6.45) is 5.53. The van der Waals surface area contributed by atoms with Crippen molar-refractivity contribution in [2.45, 2.75) is 20.0 Å². The van der Waals surface area contributed by atoms with E-state index in [4.69, 9.17) is 4.74 Å². The molecule has 0 saturated heterocycles. The van der Waals surface area contributed by atoms with Gasteiger partial charge in [0, 0.05) is 39.2 Å². The smallest absolute Gasteiger partial charge is 0.239 e. The first-order chi connectivity index (χ1) is 9.67. The van der Waals surface area contributed by atoms with Crippen LogP contribution in [0.25, 0.3) is 0 Å². The Kier molecular flexibility index (Phi) is 4.45. The van der Waals surface area contributed by atoms with Crippen LogP contribution in [0.15, 0.2) is 24.7 Å². The molecule has 2 heterocycles. The van der Waals surface area contributed by atoms with Gasteiger partial charge in [0.15, 0.2) is 0 Å². The second-order valence-electron chi connectivity index (χ2n) is 4.59. The first-order valence-electron chi connectivity index (χ1n) is 6.61. The van der Waals surface area contributed by atoms with Gasteiger partial charge in [-0.25, -0.2) is 9.97 Å². The van der Waals surface area contributed by atoms with E-state index in [0.717, 1.165) is 23.7 Å². The van der Waals surface area contributed by atoms with Crippen LogP contribution in [0.4, 0.5) is 11.4 Å². The molecule has 0 fully saturated rings. The number of ether oxygens (including phenoxy) is 1. The summed E-state index contributed by atoms with van der Waals surface area (Å²) >= 11 is 0. The van der Waals surface area contributed by atoms with Crippen LogP contribution in [0.1, 0.15) is 12.7 Å². The van der Waals surface area contributed by atoms with E-state index in [1.54, 1.807) is 13.3 Å². The minimum absolute atomic E-state index is 0.589. The van der Waals surface area contributed by atoms with Gasteiger partial charge in [-0.05, 0) is 13.0 Å². The normalized spacial score (nSPS) is 10.4. The summed E-state index contributed by atoms with van der Waals surface area (Å²) in [4.78, 5) is 10.6. The molecule has 0 unspecified atom stereocenters. The van der Waals surface area contributed by atoms with E-state index in [1.807, 2.05) is 37.5 Å². The summed E-state index contributed by atoms with van der Waals surface area (Å²) in [5, 5.41) is 3.38. The third-order valence-electron chi connectivity index (χ3n) is 3.14. The van der Waals surface area contributed by atoms with Gasteiger partial charge in [0.2, 0.25) is 5.88 Å². The van der Waals surface area contributed by atoms with Gasteiger partial charge in [-0.2, -0.15) is 0 Å². The zero-order valence-corrected chi connectivity index (χ0v) is 12.4. The van der Waals surface area contributed by atoms with Crippen molar-refractivity contribution < 1.29 is 4.74 Å². The molecule has 0 aliphatic rings. The van der Waals surface area contributed by atoms with E-state index in [2.05, 4.69) is 26.8 Å². The molecule has 1 N–H and O–H groups in total. The van der Waals surface area contributed by atoms with Crippen LogP contribution in [0.5, 0.6) is 5.88 Å². The Bertz CT molecular complexity index is 564. The fourth-order valence-electron chi connectivity index (χ4n) is 2.09. The summed E-state index contributed by atoms with van der Waals surface area (Å²) in [6, 6.07) is 1.96. The van der Waals surface area contributed by atoms with Crippen molar-refractivity contribution in [3.63, 3.8) is 0 Å². The number of anilines is 2. The molecule has 0 atom stereocenters. The lowest BCUT2D eigenvalue weighted by Gasteiger charge is -2.20. The van der Waals surface area contributed by atoms with Gasteiger partial charge in [0.1, 0.15) is 11.5 Å². The molecule has 0 amide bonds. The van der Waals surface area contributed by atoms with Crippen LogP contribution in [0.3, 0.4) is 0 Å². The fraction of sp³-hybridized carbons (Fsp3) is 0.429. The number of nitrogens with one attached hydrogen (secondary N) is 1. The zero-order valence-electron chi connectivity index (χ0n) is 12.4. The average Bonchev–Trinajstić information content (AvgIpc) is 2.91. The SMILES string of the molecule is CCn1ccnc1CNc1c(N(C)C)ccnc1OC. The number of pyridine rings is 1. The number of hydrogen-bond acceptors (Lipinski definition) is 5. The Morgan fingerprint density at radius 1 is 1.30 bits per heavy atom. The lowest BCUT2D eigenvalue weighted by atomic mass is 10.3. The van der Waals surface area contributed by atoms with Gasteiger partial charge in [0.25, 0.3) is 0 Å². The minimum atomic E-state index is 0.589. The van der Waals surface area contributed by atoms with Crippen LogP contribution < -0.4 is 15.0 Å². The van der Waals surface area contributed by atoms with E-state index in [0.29, 0.717) is 12.4 Å². The predicted molar refractivity (Wildman–Crippen MR) is 80.3 cm³/mol. The van der Waals surface area contributed by atoms with Crippen LogP contribution in [0.2, 0.25) is 0 Å². The average molecular weight is 275 g/mol. The highest BCUT2D eigenvalue weighted by atomic mass is 16.5. The molecule has 20 heavy (non-hydrogen) atoms. The number of methoxy groups -OCH3 is 1. The first kappa shape index (κ1) is 14.2. The topological polar surface area (TPSA) is 55.2 Å². The third-order valence-corrected chi connectivity index (χ3v) is 3.14. The Balaban J connectivity index is 2.24. The quantitative estimate of drug-likeness (QED) is 0.873. The summed E-state index contributed by atoms with van der Waals surface area (Å²) in [5.41, 5.74) is 1.91. The molecule has 6 heteroatoms. The number of rotatable bonds is 6. The number of nitrogens with zero attached hydrogens (tertiary/aromatic N) is 4. The lowest BCUT2D eigenvalue weighted by molar-refractivity contribution is 0.399. The van der Waals surface area contributed by atoms with Crippen molar-refractivity contribution in [1.82, 2.24) is 14.5 Å². The van der Waals surface area contributed by atoms with E-state index < -0.39 is 0 Å². The zero-order chi connectivity index (χ0) is 14.5. The van der Waals surface area contributed by atoms with Crippen molar-refractivity contribution in [2.75, 3.05) is 31.4 Å². The minimum Gasteiger partial charge on any atom is -0.479 e. The molecule has 0 spiro atoms. The van der Waals surface area contributed by atoms with Crippen molar-refractivity contribution in [3.05, 3.63) is 30.5 Å². The van der Waals surface area contributed by atoms with E-state index in [9.17, 15) is 0 Å². The van der Waals surface area contributed by atoms with Gasteiger partial charge in [0.05, 0.1) is 19.3 Å². The molecule has 2 rings (SSSR count). The maximum atomic E-state index is 5.34. The Hall–Kier alpha value is -2.24. The van der Waals surface area contributed by atoms with Crippen molar-refractivity contribution in [3.8, 4) is 5.88 Å². The molecule has 0 aromatic carbocycles. The maximum Gasteiger partial charge on any atom is 0.239 e. The maximum absolute atomic E-state index is 5.34. The van der Waals surface area contributed by atoms with E-state index in [-0.39, 0.29) is 0 Å². The molecule has 2 aromatic heterocycles. The summed E-state index contributed by atoms with van der Waals surface area (Å²) in [5.74, 6) is 1.58. The Morgan fingerprint density at radius 2 is 2.10 bits per heavy atom. The number of hydrogen-bond donors (Lipinski definition) is 1. The number of imidazole rings is 1. The van der Waals surface area contributed by atoms with Gasteiger partial charge in [-0.3, -0.25) is 0 Å². The standard InChI is InChI=1S/C14H21N5O/c1-5-19-9-8-15-12(19)10-17-13-11(18(2)3)6-7-16-14(13)20-4/h6-9,17H,5,10H2,1-4H3. The second-order valence-corrected chi connectivity index (χ2v) is 4.59. The fourth-order valence-corrected chi connectivity index (χ4v) is 2.09. The summed E-state index contributed by atoms with van der Waals surface area (Å²) < 4.78 is 7.44. The molecular formula is C14H21N5O. The van der Waals surface area contributed by atoms with Crippen molar-refractivity contribution in [1.29, 1.82) is 0 Å². The second kappa shape index (κ2) is 6.27. The Labute approximate surface area is 119 Å². The highest BCUT2D eigenvalue weighted by molar-refractivity contribution is 5.74. The molecule has 6 nitrogen and oxygen atoms in total. The first-order valence-corrected chi connectivity index (χ1v) is 6.61. The highest BCUT2D eigenvalue weighted by Crippen LogP contribution is 2.32. The molecule has 0 bridgehead atoms. The highest BCUT2D eigenvalue weighted by Gasteiger charge is 2.12. The van der Waals surface area contributed by atoms with E-state index in [1.165, 1.54) is 0 Å². The van der Waals surface area contributed by atoms with E-state index >= 15 is 0 Å². The molecule has 0 saturated carbocycles. The third kappa shape index (κ3) is 2.84. The molecule has 0 radical (unpaired) electrons. The van der Waals surface area contributed by atoms with Crippen molar-refractivity contribution >= 4 is 11.4 Å². The van der Waals surface area contributed by atoms with Crippen LogP contribution in [-0.2, 0) is 13.1 Å². The largest absolute Gasteiger partial charge is 0.479 e. The lowest BCUT2D eigenvalue weighted by Crippen LogP contribution is -2.15. The van der Waals surface area contributed by atoms with Gasteiger partial charge < -0.3 is 19.5 Å². The number of aromatic nitrogens is 3. The molecular weight excluding hydrogens is 254 g/mol. The van der Waals surface area contributed by atoms with Gasteiger partial charge >= 0.3 is 0 Å². The van der Waals surface area contributed by atoms with Crippen LogP contribution in [-0.4, -0.2) is 35.7 Å². The van der Waals surface area contributed by atoms with Crippen molar-refractivity contribution in [2.24, 2.45) is 0 Å². The van der Waals surface area contributed by atoms with Gasteiger partial charge in [-0.15, -0.1) is 0 Å². The molecule has 2 aromatic rings. The molecule has 0 aliphatic carbocycles. The molecule has 108 valence electrons. The molecule has 0 aliphatic heterocycles. The summed E-state index contributed by atoms with van der Waals surface area (Å²) in [7, 11) is 5.61. The van der Waals surface area contributed by atoms with Gasteiger partial charge in [-0.1, -0.05) is 0 Å². The Morgan fingerprint density at radius 3 is 2.75 bits per heavy atom.